The molecular formula is C81H73IrN7O2-2. The zero-order valence-electron chi connectivity index (χ0n) is 52.9. The molecule has 9 nitrogen and oxygen atoms in total. The van der Waals surface area contributed by atoms with Gasteiger partial charge in [-0.25, -0.2) is 19.9 Å². The van der Waals surface area contributed by atoms with E-state index in [0.717, 1.165) is 95.2 Å². The zero-order chi connectivity index (χ0) is 63.2. The van der Waals surface area contributed by atoms with Gasteiger partial charge in [0.1, 0.15) is 0 Å². The first-order valence-corrected chi connectivity index (χ1v) is 30.2. The average Bonchev–Trinajstić information content (AvgIpc) is 0.856. The molecule has 8 aromatic carbocycles. The second kappa shape index (κ2) is 29.9. The SMILES string of the molecule is CC(=O)C(Cc1cc(C)ccc1C(C)(C)c1ccc(N(c2ccc(C)cc2)c2ccc(C(C)(C)c3ccc(-c4ccc(C)cc4-c4ncccn4)c(-c4ncccn4)c3)cc2)cc1)=C(C)O.[Ir].[c-]1ccccc1-c1ccccn1.[c-]1ccccc1-c1ccccn1. The number of carbonyl (C=O) groups excluding carboxylic acids is 1. The van der Waals surface area contributed by atoms with E-state index in [0.29, 0.717) is 23.6 Å². The molecular weight excluding hydrogens is 1300 g/mol. The van der Waals surface area contributed by atoms with Crippen LogP contribution in [0.5, 0.6) is 0 Å². The molecule has 10 heteroatoms. The molecule has 4 heterocycles. The molecule has 0 aliphatic rings. The largest absolute Gasteiger partial charge is 0.512 e. The Morgan fingerprint density at radius 1 is 0.429 bits per heavy atom. The van der Waals surface area contributed by atoms with E-state index >= 15 is 0 Å². The number of hydrogen-bond donors (Lipinski definition) is 1. The first-order chi connectivity index (χ1) is 43.5. The van der Waals surface area contributed by atoms with Crippen molar-refractivity contribution in [2.24, 2.45) is 0 Å². The minimum absolute atomic E-state index is 0. The number of aryl methyl sites for hydroxylation is 3. The Hall–Kier alpha value is -10.1. The quantitative estimate of drug-likeness (QED) is 0.0608. The summed E-state index contributed by atoms with van der Waals surface area (Å²) in [6.45, 7) is 18.3. The molecule has 12 rings (SSSR count). The maximum Gasteiger partial charge on any atom is 0.159 e. The van der Waals surface area contributed by atoms with E-state index < -0.39 is 5.41 Å². The van der Waals surface area contributed by atoms with Gasteiger partial charge >= 0.3 is 0 Å². The molecule has 0 atom stereocenters. The fraction of sp³-hybridized carbons (Fsp3) is 0.148. The summed E-state index contributed by atoms with van der Waals surface area (Å²) in [5, 5.41) is 10.4. The molecule has 12 aromatic rings. The summed E-state index contributed by atoms with van der Waals surface area (Å²) in [5.41, 5.74) is 19.8. The van der Waals surface area contributed by atoms with Crippen molar-refractivity contribution in [3.63, 3.8) is 0 Å². The van der Waals surface area contributed by atoms with Crippen molar-refractivity contribution in [3.05, 3.63) is 330 Å². The molecule has 455 valence electrons. The smallest absolute Gasteiger partial charge is 0.159 e. The van der Waals surface area contributed by atoms with Gasteiger partial charge in [0.2, 0.25) is 0 Å². The van der Waals surface area contributed by atoms with Crippen molar-refractivity contribution >= 4 is 22.8 Å². The van der Waals surface area contributed by atoms with Crippen molar-refractivity contribution in [1.82, 2.24) is 29.9 Å². The number of aliphatic hydroxyl groups excluding tert-OH is 1. The van der Waals surface area contributed by atoms with Crippen LogP contribution < -0.4 is 4.90 Å². The van der Waals surface area contributed by atoms with Gasteiger partial charge in [0, 0.05) is 108 Å². The Morgan fingerprint density at radius 3 is 1.31 bits per heavy atom. The van der Waals surface area contributed by atoms with Crippen LogP contribution in [-0.2, 0) is 42.2 Å². The number of benzene rings is 8. The maximum absolute atomic E-state index is 12.5. The number of rotatable bonds is 15. The first-order valence-electron chi connectivity index (χ1n) is 30.2. The molecule has 1 N–H and O–H groups in total. The van der Waals surface area contributed by atoms with Crippen LogP contribution in [0.2, 0.25) is 0 Å². The molecule has 0 amide bonds. The molecule has 0 saturated heterocycles. The number of allylic oxidation sites excluding steroid dienone is 2. The molecule has 0 saturated carbocycles. The summed E-state index contributed by atoms with van der Waals surface area (Å²) in [5.74, 6) is 1.27. The normalized spacial score (nSPS) is 11.4. The number of Topliss-reactive ketones (excluding diaryl/α,β-unsaturated/α-hetero) is 1. The molecule has 0 bridgehead atoms. The van der Waals surface area contributed by atoms with Gasteiger partial charge in [-0.2, -0.15) is 0 Å². The number of anilines is 3. The minimum atomic E-state index is -0.391. The predicted octanol–water partition coefficient (Wildman–Crippen LogP) is 19.4. The van der Waals surface area contributed by atoms with E-state index in [1.165, 1.54) is 18.1 Å². The van der Waals surface area contributed by atoms with Crippen LogP contribution in [0, 0.1) is 32.9 Å². The fourth-order valence-corrected chi connectivity index (χ4v) is 11.2. The van der Waals surface area contributed by atoms with Crippen molar-refractivity contribution in [2.75, 3.05) is 4.90 Å². The van der Waals surface area contributed by atoms with Crippen LogP contribution in [0.4, 0.5) is 17.1 Å². The number of nitrogens with zero attached hydrogens (tertiary/aromatic N) is 7. The van der Waals surface area contributed by atoms with Crippen LogP contribution in [0.25, 0.3) is 56.4 Å². The van der Waals surface area contributed by atoms with Crippen molar-refractivity contribution in [3.8, 4) is 56.4 Å². The number of aromatic nitrogens is 6. The number of aliphatic hydroxyl groups is 1. The van der Waals surface area contributed by atoms with Crippen molar-refractivity contribution < 1.29 is 30.0 Å². The second-order valence-electron chi connectivity index (χ2n) is 23.4. The van der Waals surface area contributed by atoms with Gasteiger partial charge in [-0.15, -0.1) is 71.8 Å². The summed E-state index contributed by atoms with van der Waals surface area (Å²) in [6.07, 6.45) is 11.1. The number of hydrogen-bond acceptors (Lipinski definition) is 9. The third-order valence-electron chi connectivity index (χ3n) is 16.3. The molecule has 91 heavy (non-hydrogen) atoms. The Bertz CT molecular complexity index is 4210. The van der Waals surface area contributed by atoms with Gasteiger partial charge in [-0.05, 0) is 158 Å². The summed E-state index contributed by atoms with van der Waals surface area (Å²) < 4.78 is 0. The zero-order valence-corrected chi connectivity index (χ0v) is 55.2. The summed E-state index contributed by atoms with van der Waals surface area (Å²) in [6, 6.07) is 83.1. The van der Waals surface area contributed by atoms with Crippen molar-refractivity contribution in [1.29, 1.82) is 0 Å². The Kier molecular flexibility index (Phi) is 21.5. The van der Waals surface area contributed by atoms with Crippen molar-refractivity contribution in [2.45, 2.75) is 79.6 Å². The molecule has 4 aromatic heterocycles. The molecule has 0 aliphatic carbocycles. The van der Waals surface area contributed by atoms with Gasteiger partial charge in [0.15, 0.2) is 17.4 Å². The second-order valence-corrected chi connectivity index (χ2v) is 23.4. The minimum Gasteiger partial charge on any atom is -0.512 e. The Labute approximate surface area is 549 Å². The summed E-state index contributed by atoms with van der Waals surface area (Å²) in [4.78, 5) is 42.0. The predicted molar refractivity (Wildman–Crippen MR) is 367 cm³/mol. The monoisotopic (exact) mass is 1370 g/mol. The third-order valence-corrected chi connectivity index (χ3v) is 16.3. The van der Waals surface area contributed by atoms with Gasteiger partial charge in [0.25, 0.3) is 0 Å². The summed E-state index contributed by atoms with van der Waals surface area (Å²) >= 11 is 0. The van der Waals surface area contributed by atoms with E-state index in [9.17, 15) is 9.90 Å². The Balaban J connectivity index is 0.000000322. The van der Waals surface area contributed by atoms with E-state index in [1.54, 1.807) is 44.1 Å². The maximum atomic E-state index is 12.5. The van der Waals surface area contributed by atoms with Crippen LogP contribution in [0.1, 0.15) is 86.1 Å². The van der Waals surface area contributed by atoms with Gasteiger partial charge in [-0.1, -0.05) is 148 Å². The van der Waals surface area contributed by atoms with Crippen LogP contribution in [0.3, 0.4) is 0 Å². The number of carbonyl (C=O) groups is 1. The van der Waals surface area contributed by atoms with Gasteiger partial charge in [-0.3, -0.25) is 4.79 Å². The summed E-state index contributed by atoms with van der Waals surface area (Å²) in [7, 11) is 0. The molecule has 0 unspecified atom stereocenters. The van der Waals surface area contributed by atoms with Crippen LogP contribution in [0.15, 0.2) is 273 Å². The van der Waals surface area contributed by atoms with Crippen LogP contribution >= 0.6 is 0 Å². The van der Waals surface area contributed by atoms with Gasteiger partial charge < -0.3 is 20.0 Å². The number of pyridine rings is 2. The van der Waals surface area contributed by atoms with E-state index in [-0.39, 0.29) is 37.1 Å². The third kappa shape index (κ3) is 15.8. The Morgan fingerprint density at radius 2 is 0.846 bits per heavy atom. The molecule has 0 aliphatic heterocycles. The van der Waals surface area contributed by atoms with E-state index in [2.05, 4.69) is 213 Å². The molecule has 0 fully saturated rings. The standard InChI is InChI=1S/C59H57N5O2.2C11H8N.Ir/c1-38-12-21-47(22-13-38)64(49-25-18-45(19-26-49)59(8,9)55-29-15-39(2)34-43(55)36-52(41(4)65)42(5)66)48-23-16-44(17-24-48)58(6,7)46-20-28-51(54(37-46)57-62-32-11-33-63-57)50-27-14-40(3)35-53(50)56-60-30-10-31-61-56;2*1-2-6-10(7-3-1)11-8-4-5-9-12-11;/h10-35,37,65H,36H2,1-9H3;2*1-6,8-9H;/q;2*-1;. The molecule has 1 radical (unpaired) electrons. The average molecular weight is 1370 g/mol. The topological polar surface area (TPSA) is 118 Å². The van der Waals surface area contributed by atoms with Crippen LogP contribution in [-0.4, -0.2) is 40.8 Å². The van der Waals surface area contributed by atoms with Gasteiger partial charge in [0.05, 0.1) is 5.76 Å². The van der Waals surface area contributed by atoms with E-state index in [1.807, 2.05) is 97.1 Å². The first kappa shape index (κ1) is 65.3. The number of ketones is 1. The molecule has 0 spiro atoms. The van der Waals surface area contributed by atoms with E-state index in [4.69, 9.17) is 9.97 Å². The fourth-order valence-electron chi connectivity index (χ4n) is 11.2.